The molecule has 1 N–H and O–H groups in total. The summed E-state index contributed by atoms with van der Waals surface area (Å²) in [5, 5.41) is 14.0. The molecule has 7 heteroatoms. The van der Waals surface area contributed by atoms with Gasteiger partial charge in [-0.05, 0) is 29.6 Å². The summed E-state index contributed by atoms with van der Waals surface area (Å²) in [4.78, 5) is 14.0. The summed E-state index contributed by atoms with van der Waals surface area (Å²) in [5.74, 6) is -0.0543. The molecular weight excluding hydrogens is 244 g/mol. The van der Waals surface area contributed by atoms with E-state index in [4.69, 9.17) is 0 Å². The highest BCUT2D eigenvalue weighted by molar-refractivity contribution is 5.97. The second-order valence-electron chi connectivity index (χ2n) is 4.10. The summed E-state index contributed by atoms with van der Waals surface area (Å²) < 4.78 is 1.49. The maximum absolute atomic E-state index is 12.4. The molecule has 0 radical (unpaired) electrons. The molecule has 100 valence electrons. The Morgan fingerprint density at radius 2 is 2.21 bits per heavy atom. The van der Waals surface area contributed by atoms with Crippen LogP contribution in [0.2, 0.25) is 0 Å². The topological polar surface area (TPSA) is 75.9 Å². The molecule has 1 heterocycles. The molecule has 0 saturated heterocycles. The van der Waals surface area contributed by atoms with Gasteiger partial charge in [0.05, 0.1) is 11.3 Å². The molecule has 0 saturated carbocycles. The molecule has 0 aliphatic heterocycles. The van der Waals surface area contributed by atoms with Crippen molar-refractivity contribution in [3.63, 3.8) is 0 Å². The van der Waals surface area contributed by atoms with Crippen molar-refractivity contribution in [2.45, 2.75) is 0 Å². The van der Waals surface area contributed by atoms with Gasteiger partial charge in [-0.25, -0.2) is 0 Å². The minimum Gasteiger partial charge on any atom is -0.340 e. The van der Waals surface area contributed by atoms with Crippen molar-refractivity contribution in [1.82, 2.24) is 30.4 Å². The first-order valence-corrected chi connectivity index (χ1v) is 5.96. The largest absolute Gasteiger partial charge is 0.340 e. The summed E-state index contributed by atoms with van der Waals surface area (Å²) >= 11 is 0. The third-order valence-electron chi connectivity index (χ3n) is 2.77. The number of carbonyl (C=O) groups is 1. The summed E-state index contributed by atoms with van der Waals surface area (Å²) in [7, 11) is 3.63. The van der Waals surface area contributed by atoms with E-state index in [0.717, 1.165) is 6.54 Å². The number of amides is 1. The van der Waals surface area contributed by atoms with Crippen LogP contribution in [0.25, 0.3) is 5.69 Å². The van der Waals surface area contributed by atoms with Crippen LogP contribution in [0.1, 0.15) is 10.4 Å². The van der Waals surface area contributed by atoms with Crippen molar-refractivity contribution in [2.24, 2.45) is 0 Å². The molecule has 0 atom stereocenters. The fourth-order valence-electron chi connectivity index (χ4n) is 1.71. The number of hydrogen-bond donors (Lipinski definition) is 1. The third-order valence-corrected chi connectivity index (χ3v) is 2.77. The number of para-hydroxylation sites is 1. The van der Waals surface area contributed by atoms with Crippen LogP contribution in [-0.4, -0.2) is 58.2 Å². The van der Waals surface area contributed by atoms with Crippen LogP contribution in [0, 0.1) is 0 Å². The highest BCUT2D eigenvalue weighted by Gasteiger charge is 2.16. The lowest BCUT2D eigenvalue weighted by Crippen LogP contribution is -2.33. The molecule has 0 aliphatic carbocycles. The summed E-state index contributed by atoms with van der Waals surface area (Å²) in [6, 6.07) is 7.26. The van der Waals surface area contributed by atoms with Crippen molar-refractivity contribution in [1.29, 1.82) is 0 Å². The van der Waals surface area contributed by atoms with Gasteiger partial charge in [-0.15, -0.1) is 5.10 Å². The molecule has 7 nitrogen and oxygen atoms in total. The zero-order chi connectivity index (χ0) is 13.7. The molecule has 2 rings (SSSR count). The van der Waals surface area contributed by atoms with Gasteiger partial charge in [0.2, 0.25) is 0 Å². The number of benzene rings is 1. The summed E-state index contributed by atoms with van der Waals surface area (Å²) in [6.45, 7) is 1.38. The molecule has 2 aromatic rings. The third kappa shape index (κ3) is 2.94. The number of nitrogens with zero attached hydrogens (tertiary/aromatic N) is 5. The van der Waals surface area contributed by atoms with Gasteiger partial charge < -0.3 is 10.2 Å². The van der Waals surface area contributed by atoms with Crippen LogP contribution in [0.3, 0.4) is 0 Å². The normalized spacial score (nSPS) is 10.4. The second-order valence-corrected chi connectivity index (χ2v) is 4.10. The molecule has 1 amide bonds. The number of nitrogens with one attached hydrogen (secondary N) is 1. The van der Waals surface area contributed by atoms with Gasteiger partial charge in [-0.3, -0.25) is 4.79 Å². The van der Waals surface area contributed by atoms with E-state index in [1.54, 1.807) is 18.0 Å². The van der Waals surface area contributed by atoms with E-state index in [1.807, 2.05) is 25.2 Å². The molecule has 1 aromatic heterocycles. The van der Waals surface area contributed by atoms with E-state index in [-0.39, 0.29) is 5.91 Å². The lowest BCUT2D eigenvalue weighted by Gasteiger charge is -2.18. The summed E-state index contributed by atoms with van der Waals surface area (Å²) in [6.07, 6.45) is 1.47. The molecule has 19 heavy (non-hydrogen) atoms. The molecule has 1 aromatic carbocycles. The number of likely N-dealkylation sites (N-methyl/N-ethyl adjacent to an activating group) is 2. The molecule has 0 unspecified atom stereocenters. The van der Waals surface area contributed by atoms with E-state index in [1.165, 1.54) is 11.0 Å². The van der Waals surface area contributed by atoms with Gasteiger partial charge in [0.1, 0.15) is 6.33 Å². The fraction of sp³-hybridized carbons (Fsp3) is 0.333. The van der Waals surface area contributed by atoms with Crippen LogP contribution in [0.5, 0.6) is 0 Å². The van der Waals surface area contributed by atoms with Crippen LogP contribution in [0.4, 0.5) is 0 Å². The van der Waals surface area contributed by atoms with E-state index in [9.17, 15) is 4.79 Å². The Balaban J connectivity index is 2.27. The Morgan fingerprint density at radius 1 is 1.42 bits per heavy atom. The van der Waals surface area contributed by atoms with Gasteiger partial charge in [0.25, 0.3) is 5.91 Å². The molecular formula is C12H16N6O. The van der Waals surface area contributed by atoms with E-state index < -0.39 is 0 Å². The highest BCUT2D eigenvalue weighted by atomic mass is 16.2. The number of carbonyl (C=O) groups excluding carboxylic acids is 1. The van der Waals surface area contributed by atoms with Crippen LogP contribution >= 0.6 is 0 Å². The Morgan fingerprint density at radius 3 is 2.89 bits per heavy atom. The number of tetrazole rings is 1. The molecule has 0 bridgehead atoms. The van der Waals surface area contributed by atoms with Gasteiger partial charge >= 0.3 is 0 Å². The molecule has 0 fully saturated rings. The Kier molecular flexibility index (Phi) is 4.19. The van der Waals surface area contributed by atoms with Crippen molar-refractivity contribution in [3.05, 3.63) is 36.2 Å². The number of rotatable bonds is 5. The first-order chi connectivity index (χ1) is 9.24. The highest BCUT2D eigenvalue weighted by Crippen LogP contribution is 2.14. The fourth-order valence-corrected chi connectivity index (χ4v) is 1.71. The predicted octanol–water partition coefficient (Wildman–Crippen LogP) is -0.0463. The Labute approximate surface area is 111 Å². The van der Waals surface area contributed by atoms with Gasteiger partial charge in [0.15, 0.2) is 0 Å². The van der Waals surface area contributed by atoms with Gasteiger partial charge in [-0.1, -0.05) is 12.1 Å². The monoisotopic (exact) mass is 260 g/mol. The van der Waals surface area contributed by atoms with E-state index >= 15 is 0 Å². The zero-order valence-corrected chi connectivity index (χ0v) is 10.9. The number of hydrogen-bond acceptors (Lipinski definition) is 5. The standard InChI is InChI=1S/C12H16N6O/c1-13-7-8-17(2)12(19)10-5-3-4-6-11(10)18-9-14-15-16-18/h3-6,9,13H,7-8H2,1-2H3. The molecule has 0 spiro atoms. The van der Waals surface area contributed by atoms with Crippen molar-refractivity contribution in [3.8, 4) is 5.69 Å². The van der Waals surface area contributed by atoms with Gasteiger partial charge in [0, 0.05) is 20.1 Å². The van der Waals surface area contributed by atoms with E-state index in [2.05, 4.69) is 20.8 Å². The summed E-state index contributed by atoms with van der Waals surface area (Å²) in [5.41, 5.74) is 1.25. The minimum atomic E-state index is -0.0543. The maximum Gasteiger partial charge on any atom is 0.255 e. The predicted molar refractivity (Wildman–Crippen MR) is 70.0 cm³/mol. The number of aromatic nitrogens is 4. The Hall–Kier alpha value is -2.28. The first-order valence-electron chi connectivity index (χ1n) is 5.96. The lowest BCUT2D eigenvalue weighted by molar-refractivity contribution is 0.0796. The van der Waals surface area contributed by atoms with Crippen molar-refractivity contribution in [2.75, 3.05) is 27.2 Å². The maximum atomic E-state index is 12.4. The van der Waals surface area contributed by atoms with E-state index in [0.29, 0.717) is 17.8 Å². The van der Waals surface area contributed by atoms with Crippen LogP contribution < -0.4 is 5.32 Å². The lowest BCUT2D eigenvalue weighted by atomic mass is 10.1. The average Bonchev–Trinajstić information content (AvgIpc) is 2.98. The second kappa shape index (κ2) is 6.05. The smallest absolute Gasteiger partial charge is 0.255 e. The van der Waals surface area contributed by atoms with Crippen molar-refractivity contribution >= 4 is 5.91 Å². The average molecular weight is 260 g/mol. The Bertz CT molecular complexity index is 539. The van der Waals surface area contributed by atoms with Crippen molar-refractivity contribution < 1.29 is 4.79 Å². The first kappa shape index (κ1) is 13.2. The minimum absolute atomic E-state index is 0.0543. The zero-order valence-electron chi connectivity index (χ0n) is 10.9. The van der Waals surface area contributed by atoms with Crippen LogP contribution in [0.15, 0.2) is 30.6 Å². The molecule has 0 aliphatic rings. The SMILES string of the molecule is CNCCN(C)C(=O)c1ccccc1-n1cnnn1. The van der Waals surface area contributed by atoms with Gasteiger partial charge in [-0.2, -0.15) is 4.68 Å². The van der Waals surface area contributed by atoms with Crippen LogP contribution in [-0.2, 0) is 0 Å². The quantitative estimate of drug-likeness (QED) is 0.816.